The van der Waals surface area contributed by atoms with E-state index < -0.39 is 10.9 Å². The van der Waals surface area contributed by atoms with Gasteiger partial charge in [-0.1, -0.05) is 0 Å². The van der Waals surface area contributed by atoms with Crippen LogP contribution in [-0.4, -0.2) is 29.5 Å². The van der Waals surface area contributed by atoms with Crippen LogP contribution in [0.15, 0.2) is 24.3 Å². The van der Waals surface area contributed by atoms with Gasteiger partial charge < -0.3 is 4.74 Å². The number of Topliss-reactive ketones (excluding diaryl/α,β-unsaturated/α-hetero) is 1. The van der Waals surface area contributed by atoms with Gasteiger partial charge in [0.1, 0.15) is 5.75 Å². The maximum absolute atomic E-state index is 12.0. The highest BCUT2D eigenvalue weighted by Crippen LogP contribution is 2.32. The van der Waals surface area contributed by atoms with Crippen LogP contribution in [0.5, 0.6) is 5.75 Å². The molecule has 0 fully saturated rings. The molecule has 1 unspecified atom stereocenters. The van der Waals surface area contributed by atoms with E-state index in [0.29, 0.717) is 24.2 Å². The Balaban J connectivity index is 2.29. The zero-order valence-corrected chi connectivity index (χ0v) is 13.0. The van der Waals surface area contributed by atoms with E-state index in [1.807, 2.05) is 0 Å². The van der Waals surface area contributed by atoms with Crippen LogP contribution in [0.3, 0.4) is 0 Å². The Morgan fingerprint density at radius 1 is 1.33 bits per heavy atom. The van der Waals surface area contributed by atoms with Crippen molar-refractivity contribution in [2.75, 3.05) is 12.9 Å². The Kier molecular flexibility index (Phi) is 7.39. The first-order chi connectivity index (χ1) is 9.81. The highest BCUT2D eigenvalue weighted by molar-refractivity contribution is 8.00. The second kappa shape index (κ2) is 8.54. The third-order valence-corrected chi connectivity index (χ3v) is 4.21. The molecule has 0 saturated carbocycles. The molecule has 0 N–H and O–H groups in total. The molecule has 1 aromatic rings. The monoisotopic (exact) mass is 340 g/mol. The van der Waals surface area contributed by atoms with Crippen molar-refractivity contribution in [1.82, 2.24) is 0 Å². The summed E-state index contributed by atoms with van der Waals surface area (Å²) in [6.45, 7) is 0. The molecule has 118 valence electrons. The van der Waals surface area contributed by atoms with Crippen molar-refractivity contribution in [1.29, 1.82) is 0 Å². The average molecular weight is 341 g/mol. The van der Waals surface area contributed by atoms with E-state index in [0.717, 1.165) is 0 Å². The number of alkyl halides is 4. The van der Waals surface area contributed by atoms with E-state index in [1.165, 1.54) is 7.11 Å². The number of halogens is 4. The molecule has 0 aliphatic heterocycles. The molecule has 0 spiro atoms. The molecule has 0 aliphatic carbocycles. The van der Waals surface area contributed by atoms with Crippen LogP contribution in [0.2, 0.25) is 0 Å². The number of thioether (sulfide) groups is 1. The first-order valence-corrected chi connectivity index (χ1v) is 7.76. The Hall–Kier alpha value is -0.880. The van der Waals surface area contributed by atoms with Gasteiger partial charge in [0.05, 0.1) is 7.11 Å². The predicted octanol–water partition coefficient (Wildman–Crippen LogP) is 4.91. The van der Waals surface area contributed by atoms with E-state index in [1.54, 1.807) is 24.3 Å². The smallest absolute Gasteiger partial charge is 0.441 e. The van der Waals surface area contributed by atoms with Gasteiger partial charge in [-0.2, -0.15) is 13.2 Å². The fourth-order valence-electron chi connectivity index (χ4n) is 1.67. The summed E-state index contributed by atoms with van der Waals surface area (Å²) >= 11 is 5.68. The van der Waals surface area contributed by atoms with Crippen LogP contribution in [0.4, 0.5) is 13.2 Å². The zero-order chi connectivity index (χ0) is 15.9. The lowest BCUT2D eigenvalue weighted by molar-refractivity contribution is -0.0328. The molecule has 0 saturated heterocycles. The maximum Gasteiger partial charge on any atom is 0.441 e. The molecule has 0 aliphatic rings. The molecular weight excluding hydrogens is 325 g/mol. The van der Waals surface area contributed by atoms with E-state index in [2.05, 4.69) is 0 Å². The molecule has 1 atom stereocenters. The third-order valence-electron chi connectivity index (χ3n) is 2.76. The molecule has 0 bridgehead atoms. The first kappa shape index (κ1) is 18.2. The van der Waals surface area contributed by atoms with Crippen LogP contribution in [0, 0.1) is 0 Å². The van der Waals surface area contributed by atoms with Gasteiger partial charge in [0.25, 0.3) is 0 Å². The zero-order valence-electron chi connectivity index (χ0n) is 11.5. The Morgan fingerprint density at radius 2 is 1.95 bits per heavy atom. The minimum atomic E-state index is -4.26. The number of carbonyl (C=O) groups is 1. The topological polar surface area (TPSA) is 26.3 Å². The van der Waals surface area contributed by atoms with Crippen molar-refractivity contribution in [2.24, 2.45) is 0 Å². The normalized spacial score (nSPS) is 13.0. The molecule has 1 aromatic carbocycles. The van der Waals surface area contributed by atoms with Crippen LogP contribution in [0.25, 0.3) is 0 Å². The van der Waals surface area contributed by atoms with E-state index in [-0.39, 0.29) is 29.7 Å². The van der Waals surface area contributed by atoms with Crippen molar-refractivity contribution < 1.29 is 22.7 Å². The standard InChI is InChI=1S/C14H16ClF3O2S/c1-20-12-7-5-10(6-8-12)13(19)4-2-3-11(15)9-21-14(16,17)18/h5-8,11H,2-4,9H2,1H3. The molecule has 7 heteroatoms. The number of ether oxygens (including phenoxy) is 1. The number of benzene rings is 1. The van der Waals surface area contributed by atoms with Gasteiger partial charge in [-0.25, -0.2) is 0 Å². The summed E-state index contributed by atoms with van der Waals surface area (Å²) in [5.41, 5.74) is -3.70. The van der Waals surface area contributed by atoms with Crippen molar-refractivity contribution >= 4 is 29.1 Å². The molecule has 1 rings (SSSR count). The lowest BCUT2D eigenvalue weighted by Crippen LogP contribution is -2.10. The van der Waals surface area contributed by atoms with Gasteiger partial charge in [-0.15, -0.1) is 11.6 Å². The van der Waals surface area contributed by atoms with Crippen molar-refractivity contribution in [3.05, 3.63) is 29.8 Å². The number of ketones is 1. The summed E-state index contributed by atoms with van der Waals surface area (Å²) in [7, 11) is 1.54. The second-order valence-corrected chi connectivity index (χ2v) is 6.10. The first-order valence-electron chi connectivity index (χ1n) is 6.34. The summed E-state index contributed by atoms with van der Waals surface area (Å²) < 4.78 is 41.0. The van der Waals surface area contributed by atoms with Crippen molar-refractivity contribution in [2.45, 2.75) is 30.1 Å². The molecular formula is C14H16ClF3O2S. The minimum Gasteiger partial charge on any atom is -0.497 e. The highest BCUT2D eigenvalue weighted by Gasteiger charge is 2.29. The number of carbonyl (C=O) groups excluding carboxylic acids is 1. The van der Waals surface area contributed by atoms with E-state index >= 15 is 0 Å². The average Bonchev–Trinajstić information content (AvgIpc) is 2.44. The van der Waals surface area contributed by atoms with Crippen LogP contribution < -0.4 is 4.74 Å². The number of rotatable bonds is 8. The van der Waals surface area contributed by atoms with Gasteiger partial charge in [0.15, 0.2) is 5.78 Å². The minimum absolute atomic E-state index is 0.0509. The number of hydrogen-bond donors (Lipinski definition) is 0. The van der Waals surface area contributed by atoms with Crippen molar-refractivity contribution in [3.8, 4) is 5.75 Å². The summed E-state index contributed by atoms with van der Waals surface area (Å²) in [4.78, 5) is 11.9. The lowest BCUT2D eigenvalue weighted by Gasteiger charge is -2.10. The number of methoxy groups -OCH3 is 1. The molecule has 0 amide bonds. The largest absolute Gasteiger partial charge is 0.497 e. The Bertz CT molecular complexity index is 449. The van der Waals surface area contributed by atoms with Gasteiger partial charge in [-0.05, 0) is 48.9 Å². The van der Waals surface area contributed by atoms with Crippen LogP contribution in [-0.2, 0) is 0 Å². The molecule has 21 heavy (non-hydrogen) atoms. The maximum atomic E-state index is 12.0. The molecule has 2 nitrogen and oxygen atoms in total. The third kappa shape index (κ3) is 7.62. The second-order valence-electron chi connectivity index (χ2n) is 4.40. The van der Waals surface area contributed by atoms with Crippen molar-refractivity contribution in [3.63, 3.8) is 0 Å². The Morgan fingerprint density at radius 3 is 2.48 bits per heavy atom. The van der Waals surface area contributed by atoms with Gasteiger partial charge in [0, 0.05) is 23.1 Å². The van der Waals surface area contributed by atoms with Crippen LogP contribution >= 0.6 is 23.4 Å². The fourth-order valence-corrected chi connectivity index (χ4v) is 2.55. The highest BCUT2D eigenvalue weighted by atomic mass is 35.5. The van der Waals surface area contributed by atoms with Gasteiger partial charge >= 0.3 is 5.51 Å². The predicted molar refractivity (Wildman–Crippen MR) is 79.3 cm³/mol. The Labute approximate surface area is 131 Å². The summed E-state index contributed by atoms with van der Waals surface area (Å²) in [5, 5.41) is -0.583. The van der Waals surface area contributed by atoms with Gasteiger partial charge in [0.2, 0.25) is 0 Å². The van der Waals surface area contributed by atoms with E-state index in [4.69, 9.17) is 16.3 Å². The molecule has 0 heterocycles. The van der Waals surface area contributed by atoms with Crippen LogP contribution in [0.1, 0.15) is 29.6 Å². The van der Waals surface area contributed by atoms with Gasteiger partial charge in [-0.3, -0.25) is 4.79 Å². The molecule has 0 radical (unpaired) electrons. The quantitative estimate of drug-likeness (QED) is 0.497. The molecule has 0 aromatic heterocycles. The lowest BCUT2D eigenvalue weighted by atomic mass is 10.0. The summed E-state index contributed by atoms with van der Waals surface area (Å²) in [5.74, 6) is 0.420. The fraction of sp³-hybridized carbons (Fsp3) is 0.500. The van der Waals surface area contributed by atoms with E-state index in [9.17, 15) is 18.0 Å². The summed E-state index contributed by atoms with van der Waals surface area (Å²) in [6, 6.07) is 6.72. The number of hydrogen-bond acceptors (Lipinski definition) is 3. The SMILES string of the molecule is COc1ccc(C(=O)CCCC(Cl)CSC(F)(F)F)cc1. The summed E-state index contributed by atoms with van der Waals surface area (Å²) in [6.07, 6.45) is 1.12.